The standard InChI is InChI=1S/C15H31NO/c1-3-4-5-6-9-14(2)16-12-13-17-15-10-7-8-11-15/h14-16H,3-13H2,1-2H3. The van der Waals surface area contributed by atoms with E-state index in [0.29, 0.717) is 12.1 Å². The molecule has 0 radical (unpaired) electrons. The van der Waals surface area contributed by atoms with Gasteiger partial charge in [0.05, 0.1) is 12.7 Å². The molecule has 1 N–H and O–H groups in total. The first-order valence-corrected chi connectivity index (χ1v) is 7.68. The highest BCUT2D eigenvalue weighted by molar-refractivity contribution is 4.67. The smallest absolute Gasteiger partial charge is 0.0594 e. The number of rotatable bonds is 10. The van der Waals surface area contributed by atoms with Gasteiger partial charge in [0.2, 0.25) is 0 Å². The van der Waals surface area contributed by atoms with Crippen molar-refractivity contribution in [2.75, 3.05) is 13.2 Å². The van der Waals surface area contributed by atoms with Gasteiger partial charge in [-0.1, -0.05) is 45.4 Å². The Kier molecular flexibility index (Phi) is 8.72. The summed E-state index contributed by atoms with van der Waals surface area (Å²) >= 11 is 0. The Labute approximate surface area is 108 Å². The zero-order valence-electron chi connectivity index (χ0n) is 11.8. The van der Waals surface area contributed by atoms with E-state index >= 15 is 0 Å². The van der Waals surface area contributed by atoms with Crippen LogP contribution in [0.25, 0.3) is 0 Å². The Bertz CT molecular complexity index is 166. The fourth-order valence-corrected chi connectivity index (χ4v) is 2.57. The van der Waals surface area contributed by atoms with Gasteiger partial charge in [-0.15, -0.1) is 0 Å². The Morgan fingerprint density at radius 2 is 1.94 bits per heavy atom. The second-order valence-corrected chi connectivity index (χ2v) is 5.48. The minimum absolute atomic E-state index is 0.566. The predicted molar refractivity (Wildman–Crippen MR) is 74.4 cm³/mol. The van der Waals surface area contributed by atoms with E-state index in [1.54, 1.807) is 0 Å². The lowest BCUT2D eigenvalue weighted by Gasteiger charge is -2.15. The van der Waals surface area contributed by atoms with E-state index in [-0.39, 0.29) is 0 Å². The van der Waals surface area contributed by atoms with Gasteiger partial charge >= 0.3 is 0 Å². The van der Waals surface area contributed by atoms with E-state index in [4.69, 9.17) is 4.74 Å². The molecule has 0 aromatic rings. The molecule has 1 fully saturated rings. The number of hydrogen-bond acceptors (Lipinski definition) is 2. The van der Waals surface area contributed by atoms with Crippen LogP contribution in [0, 0.1) is 0 Å². The van der Waals surface area contributed by atoms with Crippen LogP contribution in [0.2, 0.25) is 0 Å². The van der Waals surface area contributed by atoms with E-state index < -0.39 is 0 Å². The van der Waals surface area contributed by atoms with Gasteiger partial charge in [0.1, 0.15) is 0 Å². The Morgan fingerprint density at radius 1 is 1.18 bits per heavy atom. The lowest BCUT2D eigenvalue weighted by atomic mass is 10.1. The number of hydrogen-bond donors (Lipinski definition) is 1. The van der Waals surface area contributed by atoms with Gasteiger partial charge < -0.3 is 10.1 Å². The van der Waals surface area contributed by atoms with Crippen molar-refractivity contribution in [1.29, 1.82) is 0 Å². The molecule has 17 heavy (non-hydrogen) atoms. The summed E-state index contributed by atoms with van der Waals surface area (Å²) in [6, 6.07) is 0.652. The average molecular weight is 241 g/mol. The summed E-state index contributed by atoms with van der Waals surface area (Å²) in [7, 11) is 0. The third-order valence-electron chi connectivity index (χ3n) is 3.74. The molecule has 1 atom stereocenters. The highest BCUT2D eigenvalue weighted by Crippen LogP contribution is 2.20. The van der Waals surface area contributed by atoms with Crippen molar-refractivity contribution < 1.29 is 4.74 Å². The van der Waals surface area contributed by atoms with Crippen LogP contribution in [0.15, 0.2) is 0 Å². The van der Waals surface area contributed by atoms with Crippen LogP contribution in [-0.2, 0) is 4.74 Å². The topological polar surface area (TPSA) is 21.3 Å². The molecule has 0 bridgehead atoms. The second kappa shape index (κ2) is 9.90. The highest BCUT2D eigenvalue weighted by atomic mass is 16.5. The molecular formula is C15H31NO. The number of unbranched alkanes of at least 4 members (excludes halogenated alkanes) is 3. The van der Waals surface area contributed by atoms with E-state index in [2.05, 4.69) is 19.2 Å². The molecule has 0 amide bonds. The highest BCUT2D eigenvalue weighted by Gasteiger charge is 2.14. The maximum Gasteiger partial charge on any atom is 0.0594 e. The molecular weight excluding hydrogens is 210 g/mol. The molecule has 1 saturated carbocycles. The Morgan fingerprint density at radius 3 is 2.65 bits per heavy atom. The zero-order valence-corrected chi connectivity index (χ0v) is 11.8. The molecule has 0 heterocycles. The van der Waals surface area contributed by atoms with Gasteiger partial charge in [0.25, 0.3) is 0 Å². The Hall–Kier alpha value is -0.0800. The van der Waals surface area contributed by atoms with Crippen molar-refractivity contribution >= 4 is 0 Å². The van der Waals surface area contributed by atoms with E-state index in [1.807, 2.05) is 0 Å². The number of ether oxygens (including phenoxy) is 1. The van der Waals surface area contributed by atoms with Gasteiger partial charge in [-0.25, -0.2) is 0 Å². The molecule has 0 aliphatic heterocycles. The molecule has 2 heteroatoms. The summed E-state index contributed by atoms with van der Waals surface area (Å²) in [6.07, 6.45) is 12.7. The van der Waals surface area contributed by atoms with Crippen LogP contribution in [0.5, 0.6) is 0 Å². The summed E-state index contributed by atoms with van der Waals surface area (Å²) in [6.45, 7) is 6.47. The molecule has 1 aliphatic rings. The maximum atomic E-state index is 5.83. The molecule has 1 unspecified atom stereocenters. The molecule has 102 valence electrons. The summed E-state index contributed by atoms with van der Waals surface area (Å²) in [5.41, 5.74) is 0. The van der Waals surface area contributed by atoms with Crippen molar-refractivity contribution in [1.82, 2.24) is 5.32 Å². The summed E-state index contributed by atoms with van der Waals surface area (Å²) in [5.74, 6) is 0. The monoisotopic (exact) mass is 241 g/mol. The fourth-order valence-electron chi connectivity index (χ4n) is 2.57. The zero-order chi connectivity index (χ0) is 12.3. The van der Waals surface area contributed by atoms with Crippen molar-refractivity contribution in [3.8, 4) is 0 Å². The van der Waals surface area contributed by atoms with Crippen LogP contribution < -0.4 is 5.32 Å². The summed E-state index contributed by atoms with van der Waals surface area (Å²) in [4.78, 5) is 0. The first-order chi connectivity index (χ1) is 8.33. The molecule has 0 aromatic carbocycles. The van der Waals surface area contributed by atoms with Crippen molar-refractivity contribution in [2.24, 2.45) is 0 Å². The lowest BCUT2D eigenvalue weighted by molar-refractivity contribution is 0.0592. The van der Waals surface area contributed by atoms with E-state index in [1.165, 1.54) is 57.8 Å². The minimum Gasteiger partial charge on any atom is -0.377 e. The second-order valence-electron chi connectivity index (χ2n) is 5.48. The maximum absolute atomic E-state index is 5.83. The van der Waals surface area contributed by atoms with Crippen molar-refractivity contribution in [3.63, 3.8) is 0 Å². The van der Waals surface area contributed by atoms with Crippen LogP contribution in [0.4, 0.5) is 0 Å². The van der Waals surface area contributed by atoms with Gasteiger partial charge in [0, 0.05) is 12.6 Å². The van der Waals surface area contributed by atoms with Crippen LogP contribution in [-0.4, -0.2) is 25.3 Å². The van der Waals surface area contributed by atoms with Gasteiger partial charge in [0.15, 0.2) is 0 Å². The average Bonchev–Trinajstić information content (AvgIpc) is 2.83. The molecule has 0 aromatic heterocycles. The number of nitrogens with one attached hydrogen (secondary N) is 1. The molecule has 2 nitrogen and oxygen atoms in total. The molecule has 0 spiro atoms. The molecule has 0 saturated heterocycles. The van der Waals surface area contributed by atoms with Crippen LogP contribution >= 0.6 is 0 Å². The third kappa shape index (κ3) is 7.77. The lowest BCUT2D eigenvalue weighted by Crippen LogP contribution is -2.30. The summed E-state index contributed by atoms with van der Waals surface area (Å²) < 4.78 is 5.83. The quantitative estimate of drug-likeness (QED) is 0.586. The summed E-state index contributed by atoms with van der Waals surface area (Å²) in [5, 5.41) is 3.56. The van der Waals surface area contributed by atoms with Crippen molar-refractivity contribution in [2.45, 2.75) is 83.8 Å². The first kappa shape index (κ1) is 15.0. The third-order valence-corrected chi connectivity index (χ3v) is 3.74. The van der Waals surface area contributed by atoms with Gasteiger partial charge in [-0.05, 0) is 26.2 Å². The van der Waals surface area contributed by atoms with Crippen LogP contribution in [0.1, 0.15) is 71.6 Å². The Balaban J connectivity index is 1.84. The van der Waals surface area contributed by atoms with E-state index in [9.17, 15) is 0 Å². The SMILES string of the molecule is CCCCCCC(C)NCCOC1CCCC1. The predicted octanol–water partition coefficient (Wildman–Crippen LogP) is 3.89. The minimum atomic E-state index is 0.566. The normalized spacial score (nSPS) is 18.7. The van der Waals surface area contributed by atoms with Gasteiger partial charge in [-0.2, -0.15) is 0 Å². The van der Waals surface area contributed by atoms with E-state index in [0.717, 1.165) is 13.2 Å². The van der Waals surface area contributed by atoms with Crippen LogP contribution in [0.3, 0.4) is 0 Å². The fraction of sp³-hybridized carbons (Fsp3) is 1.00. The first-order valence-electron chi connectivity index (χ1n) is 7.68. The van der Waals surface area contributed by atoms with Gasteiger partial charge in [-0.3, -0.25) is 0 Å². The largest absolute Gasteiger partial charge is 0.377 e. The molecule has 1 aliphatic carbocycles. The molecule has 1 rings (SSSR count). The van der Waals surface area contributed by atoms with Crippen molar-refractivity contribution in [3.05, 3.63) is 0 Å².